The van der Waals surface area contributed by atoms with E-state index in [1.165, 1.54) is 11.1 Å². The van der Waals surface area contributed by atoms with Gasteiger partial charge >= 0.3 is 0 Å². The third-order valence-electron chi connectivity index (χ3n) is 2.60. The molecule has 0 aliphatic heterocycles. The standard InChI is InChI=1S/C13H20N2O/c1-10-4-3-5-12(8-10)6-7-15-13(16)11(2)9-14/h3-5,8,11H,6-7,9,14H2,1-2H3,(H,15,16). The lowest BCUT2D eigenvalue weighted by Crippen LogP contribution is -2.34. The predicted molar refractivity (Wildman–Crippen MR) is 66.1 cm³/mol. The van der Waals surface area contributed by atoms with Crippen LogP contribution in [0, 0.1) is 12.8 Å². The summed E-state index contributed by atoms with van der Waals surface area (Å²) in [5, 5.41) is 2.88. The Morgan fingerprint density at radius 1 is 1.50 bits per heavy atom. The van der Waals surface area contributed by atoms with Gasteiger partial charge in [-0.05, 0) is 18.9 Å². The van der Waals surface area contributed by atoms with E-state index in [2.05, 4.69) is 30.4 Å². The molecule has 16 heavy (non-hydrogen) atoms. The summed E-state index contributed by atoms with van der Waals surface area (Å²) in [4.78, 5) is 11.4. The van der Waals surface area contributed by atoms with Crippen molar-refractivity contribution in [3.05, 3.63) is 35.4 Å². The van der Waals surface area contributed by atoms with Crippen molar-refractivity contribution in [2.75, 3.05) is 13.1 Å². The molecule has 88 valence electrons. The molecule has 1 atom stereocenters. The molecule has 0 aliphatic rings. The van der Waals surface area contributed by atoms with Gasteiger partial charge in [-0.3, -0.25) is 4.79 Å². The Morgan fingerprint density at radius 2 is 2.25 bits per heavy atom. The Morgan fingerprint density at radius 3 is 2.88 bits per heavy atom. The number of amides is 1. The Kier molecular flexibility index (Phi) is 4.99. The summed E-state index contributed by atoms with van der Waals surface area (Å²) in [6.45, 7) is 4.98. The van der Waals surface area contributed by atoms with Gasteiger partial charge < -0.3 is 11.1 Å². The summed E-state index contributed by atoms with van der Waals surface area (Å²) in [5.74, 6) is -0.0623. The van der Waals surface area contributed by atoms with E-state index < -0.39 is 0 Å². The van der Waals surface area contributed by atoms with Gasteiger partial charge in [0, 0.05) is 19.0 Å². The van der Waals surface area contributed by atoms with E-state index in [0.717, 1.165) is 6.42 Å². The molecule has 0 radical (unpaired) electrons. The Hall–Kier alpha value is -1.35. The van der Waals surface area contributed by atoms with Gasteiger partial charge in [0.15, 0.2) is 0 Å². The van der Waals surface area contributed by atoms with Gasteiger partial charge in [0.25, 0.3) is 0 Å². The van der Waals surface area contributed by atoms with E-state index in [1.807, 2.05) is 13.0 Å². The molecule has 0 bridgehead atoms. The van der Waals surface area contributed by atoms with Crippen molar-refractivity contribution in [3.63, 3.8) is 0 Å². The van der Waals surface area contributed by atoms with E-state index in [4.69, 9.17) is 5.73 Å². The maximum absolute atomic E-state index is 11.4. The molecule has 3 N–H and O–H groups in total. The van der Waals surface area contributed by atoms with Crippen molar-refractivity contribution in [3.8, 4) is 0 Å². The number of hydrogen-bond donors (Lipinski definition) is 2. The molecule has 3 nitrogen and oxygen atoms in total. The molecule has 0 spiro atoms. The molecule has 0 aromatic heterocycles. The van der Waals surface area contributed by atoms with Gasteiger partial charge in [0.2, 0.25) is 5.91 Å². The molecular weight excluding hydrogens is 200 g/mol. The van der Waals surface area contributed by atoms with Crippen LogP contribution < -0.4 is 11.1 Å². The van der Waals surface area contributed by atoms with Gasteiger partial charge in [-0.15, -0.1) is 0 Å². The van der Waals surface area contributed by atoms with Crippen LogP contribution >= 0.6 is 0 Å². The zero-order valence-corrected chi connectivity index (χ0v) is 9.99. The minimum atomic E-state index is -0.0995. The molecule has 0 fully saturated rings. The SMILES string of the molecule is Cc1cccc(CCNC(=O)C(C)CN)c1. The maximum Gasteiger partial charge on any atom is 0.224 e. The van der Waals surface area contributed by atoms with Gasteiger partial charge in [-0.2, -0.15) is 0 Å². The van der Waals surface area contributed by atoms with Crippen LogP contribution in [0.4, 0.5) is 0 Å². The molecule has 1 unspecified atom stereocenters. The van der Waals surface area contributed by atoms with Gasteiger partial charge in [0.1, 0.15) is 0 Å². The highest BCUT2D eigenvalue weighted by molar-refractivity contribution is 5.78. The monoisotopic (exact) mass is 220 g/mol. The topological polar surface area (TPSA) is 55.1 Å². The fraction of sp³-hybridized carbons (Fsp3) is 0.462. The molecule has 1 amide bonds. The van der Waals surface area contributed by atoms with Crippen molar-refractivity contribution < 1.29 is 4.79 Å². The fourth-order valence-corrected chi connectivity index (χ4v) is 1.48. The average molecular weight is 220 g/mol. The Bertz CT molecular complexity index is 350. The second-order valence-corrected chi connectivity index (χ2v) is 4.17. The zero-order valence-electron chi connectivity index (χ0n) is 9.99. The van der Waals surface area contributed by atoms with Crippen LogP contribution in [0.5, 0.6) is 0 Å². The van der Waals surface area contributed by atoms with Crippen LogP contribution in [0.25, 0.3) is 0 Å². The first kappa shape index (κ1) is 12.7. The number of carbonyl (C=O) groups is 1. The second-order valence-electron chi connectivity index (χ2n) is 4.17. The van der Waals surface area contributed by atoms with E-state index in [1.54, 1.807) is 0 Å². The summed E-state index contributed by atoms with van der Waals surface area (Å²) in [5.41, 5.74) is 7.91. The molecule has 1 rings (SSSR count). The molecule has 1 aromatic rings. The lowest BCUT2D eigenvalue weighted by atomic mass is 10.1. The molecule has 0 aliphatic carbocycles. The summed E-state index contributed by atoms with van der Waals surface area (Å²) >= 11 is 0. The number of nitrogens with two attached hydrogens (primary N) is 1. The van der Waals surface area contributed by atoms with Crippen LogP contribution in [-0.4, -0.2) is 19.0 Å². The maximum atomic E-state index is 11.4. The van der Waals surface area contributed by atoms with Crippen LogP contribution in [0.2, 0.25) is 0 Å². The average Bonchev–Trinajstić information content (AvgIpc) is 2.28. The number of carbonyl (C=O) groups excluding carboxylic acids is 1. The lowest BCUT2D eigenvalue weighted by Gasteiger charge is -2.09. The molecule has 0 saturated carbocycles. The van der Waals surface area contributed by atoms with Crippen molar-refractivity contribution in [1.82, 2.24) is 5.32 Å². The Labute approximate surface area is 97.0 Å². The summed E-state index contributed by atoms with van der Waals surface area (Å²) in [6, 6.07) is 8.32. The summed E-state index contributed by atoms with van der Waals surface area (Å²) < 4.78 is 0. The highest BCUT2D eigenvalue weighted by atomic mass is 16.1. The van der Waals surface area contributed by atoms with E-state index in [0.29, 0.717) is 13.1 Å². The fourth-order valence-electron chi connectivity index (χ4n) is 1.48. The first-order valence-electron chi connectivity index (χ1n) is 5.67. The minimum Gasteiger partial charge on any atom is -0.355 e. The smallest absolute Gasteiger partial charge is 0.224 e. The highest BCUT2D eigenvalue weighted by Gasteiger charge is 2.09. The van der Waals surface area contributed by atoms with E-state index in [9.17, 15) is 4.79 Å². The first-order chi connectivity index (χ1) is 7.63. The Balaban J connectivity index is 2.33. The molecule has 0 heterocycles. The van der Waals surface area contributed by atoms with Crippen LogP contribution in [0.15, 0.2) is 24.3 Å². The van der Waals surface area contributed by atoms with E-state index in [-0.39, 0.29) is 11.8 Å². The molecule has 1 aromatic carbocycles. The largest absolute Gasteiger partial charge is 0.355 e. The zero-order chi connectivity index (χ0) is 12.0. The first-order valence-corrected chi connectivity index (χ1v) is 5.67. The normalized spacial score (nSPS) is 12.2. The van der Waals surface area contributed by atoms with Crippen LogP contribution in [0.3, 0.4) is 0 Å². The second kappa shape index (κ2) is 6.28. The number of benzene rings is 1. The number of nitrogens with one attached hydrogen (secondary N) is 1. The number of hydrogen-bond acceptors (Lipinski definition) is 2. The lowest BCUT2D eigenvalue weighted by molar-refractivity contribution is -0.124. The van der Waals surface area contributed by atoms with Gasteiger partial charge in [0.05, 0.1) is 0 Å². The molecule has 0 saturated heterocycles. The molecule has 3 heteroatoms. The van der Waals surface area contributed by atoms with Crippen molar-refractivity contribution in [2.24, 2.45) is 11.7 Å². The third kappa shape index (κ3) is 4.03. The number of aryl methyl sites for hydroxylation is 1. The van der Waals surface area contributed by atoms with Gasteiger partial charge in [-0.1, -0.05) is 36.8 Å². The van der Waals surface area contributed by atoms with Crippen LogP contribution in [0.1, 0.15) is 18.1 Å². The number of rotatable bonds is 5. The third-order valence-corrected chi connectivity index (χ3v) is 2.60. The predicted octanol–water partition coefficient (Wildman–Crippen LogP) is 1.25. The molecular formula is C13H20N2O. The minimum absolute atomic E-state index is 0.0372. The summed E-state index contributed by atoms with van der Waals surface area (Å²) in [6.07, 6.45) is 0.866. The van der Waals surface area contributed by atoms with Crippen molar-refractivity contribution in [1.29, 1.82) is 0 Å². The highest BCUT2D eigenvalue weighted by Crippen LogP contribution is 2.04. The van der Waals surface area contributed by atoms with Gasteiger partial charge in [-0.25, -0.2) is 0 Å². The van der Waals surface area contributed by atoms with E-state index >= 15 is 0 Å². The summed E-state index contributed by atoms with van der Waals surface area (Å²) in [7, 11) is 0. The van der Waals surface area contributed by atoms with Crippen molar-refractivity contribution in [2.45, 2.75) is 20.3 Å². The quantitative estimate of drug-likeness (QED) is 0.784. The van der Waals surface area contributed by atoms with Crippen LogP contribution in [-0.2, 0) is 11.2 Å². The van der Waals surface area contributed by atoms with Crippen molar-refractivity contribution >= 4 is 5.91 Å².